The van der Waals surface area contributed by atoms with Crippen LogP contribution in [0.25, 0.3) is 11.4 Å². The van der Waals surface area contributed by atoms with Gasteiger partial charge in [0.05, 0.1) is 19.6 Å². The van der Waals surface area contributed by atoms with Gasteiger partial charge in [-0.15, -0.1) is 0 Å². The van der Waals surface area contributed by atoms with E-state index in [0.29, 0.717) is 18.2 Å². The van der Waals surface area contributed by atoms with Gasteiger partial charge in [0.15, 0.2) is 5.82 Å². The minimum atomic E-state index is -0.470. The first-order chi connectivity index (χ1) is 14.1. The number of methoxy groups -OCH3 is 1. The minimum absolute atomic E-state index is 0.126. The maximum atomic E-state index is 12.4. The van der Waals surface area contributed by atoms with Crippen molar-refractivity contribution in [2.75, 3.05) is 25.6 Å². The summed E-state index contributed by atoms with van der Waals surface area (Å²) in [5.74, 6) is 0.294. The lowest BCUT2D eigenvalue weighted by atomic mass is 9.79. The van der Waals surface area contributed by atoms with Crippen molar-refractivity contribution in [2.45, 2.75) is 32.6 Å². The van der Waals surface area contributed by atoms with E-state index in [-0.39, 0.29) is 30.0 Å². The van der Waals surface area contributed by atoms with E-state index in [9.17, 15) is 9.59 Å². The normalized spacial score (nSPS) is 18.7. The molecule has 7 nitrogen and oxygen atoms in total. The SMILES string of the molecule is CCOC(=O)c1cnc(-c2ccccc2)nc1NCC1CCCCC1C(=O)OC. The fraction of sp³-hybridized carbons (Fsp3) is 0.455. The molecule has 1 aromatic heterocycles. The number of nitrogens with zero attached hydrogens (tertiary/aromatic N) is 2. The summed E-state index contributed by atoms with van der Waals surface area (Å²) in [6, 6.07) is 9.57. The van der Waals surface area contributed by atoms with E-state index in [1.165, 1.54) is 13.3 Å². The van der Waals surface area contributed by atoms with Crippen LogP contribution in [0.2, 0.25) is 0 Å². The number of rotatable bonds is 7. The Hall–Kier alpha value is -2.96. The van der Waals surface area contributed by atoms with Gasteiger partial charge < -0.3 is 14.8 Å². The van der Waals surface area contributed by atoms with Gasteiger partial charge in [0.1, 0.15) is 11.4 Å². The van der Waals surface area contributed by atoms with Crippen molar-refractivity contribution in [2.24, 2.45) is 11.8 Å². The van der Waals surface area contributed by atoms with Crippen LogP contribution in [0.15, 0.2) is 36.5 Å². The van der Waals surface area contributed by atoms with Crippen molar-refractivity contribution in [1.29, 1.82) is 0 Å². The van der Waals surface area contributed by atoms with E-state index in [1.807, 2.05) is 30.3 Å². The molecule has 1 heterocycles. The Morgan fingerprint density at radius 2 is 1.93 bits per heavy atom. The molecule has 29 heavy (non-hydrogen) atoms. The zero-order chi connectivity index (χ0) is 20.6. The van der Waals surface area contributed by atoms with Crippen LogP contribution in [-0.2, 0) is 14.3 Å². The molecule has 0 spiro atoms. The number of ether oxygens (including phenoxy) is 2. The Morgan fingerprint density at radius 3 is 2.66 bits per heavy atom. The summed E-state index contributed by atoms with van der Waals surface area (Å²) in [7, 11) is 1.43. The third kappa shape index (κ3) is 5.10. The van der Waals surface area contributed by atoms with Crippen LogP contribution in [0.4, 0.5) is 5.82 Å². The predicted octanol–water partition coefficient (Wildman–Crippen LogP) is 3.71. The average Bonchev–Trinajstić information content (AvgIpc) is 2.78. The summed E-state index contributed by atoms with van der Waals surface area (Å²) in [4.78, 5) is 33.4. The largest absolute Gasteiger partial charge is 0.469 e. The van der Waals surface area contributed by atoms with Gasteiger partial charge in [0, 0.05) is 18.3 Å². The second kappa shape index (κ2) is 10.0. The van der Waals surface area contributed by atoms with Gasteiger partial charge in [0.25, 0.3) is 0 Å². The Bertz CT molecular complexity index is 841. The number of nitrogens with one attached hydrogen (secondary N) is 1. The quantitative estimate of drug-likeness (QED) is 0.712. The highest BCUT2D eigenvalue weighted by Gasteiger charge is 2.32. The van der Waals surface area contributed by atoms with Crippen molar-refractivity contribution in [3.8, 4) is 11.4 Å². The Morgan fingerprint density at radius 1 is 1.17 bits per heavy atom. The maximum absolute atomic E-state index is 12.4. The second-order valence-corrected chi connectivity index (χ2v) is 7.10. The van der Waals surface area contributed by atoms with Crippen molar-refractivity contribution in [3.05, 3.63) is 42.1 Å². The molecule has 154 valence electrons. The summed E-state index contributed by atoms with van der Waals surface area (Å²) in [5, 5.41) is 3.28. The average molecular weight is 397 g/mol. The molecule has 1 aromatic carbocycles. The van der Waals surface area contributed by atoms with E-state index in [0.717, 1.165) is 31.2 Å². The molecule has 2 unspecified atom stereocenters. The van der Waals surface area contributed by atoms with Crippen molar-refractivity contribution >= 4 is 17.8 Å². The fourth-order valence-corrected chi connectivity index (χ4v) is 3.74. The first-order valence-corrected chi connectivity index (χ1v) is 10.0. The summed E-state index contributed by atoms with van der Waals surface area (Å²) < 4.78 is 10.1. The van der Waals surface area contributed by atoms with Gasteiger partial charge >= 0.3 is 11.9 Å². The van der Waals surface area contributed by atoms with E-state index in [1.54, 1.807) is 6.92 Å². The standard InChI is InChI=1S/C22H27N3O4/c1-3-29-22(27)18-14-24-19(15-9-5-4-6-10-15)25-20(18)23-13-16-11-7-8-12-17(16)21(26)28-2/h4-6,9-10,14,16-17H,3,7-8,11-13H2,1-2H3,(H,23,24,25). The molecule has 1 fully saturated rings. The van der Waals surface area contributed by atoms with Gasteiger partial charge in [-0.3, -0.25) is 4.79 Å². The smallest absolute Gasteiger partial charge is 0.343 e. The van der Waals surface area contributed by atoms with E-state index in [2.05, 4.69) is 15.3 Å². The Balaban J connectivity index is 1.84. The lowest BCUT2D eigenvalue weighted by Gasteiger charge is -2.30. The fourth-order valence-electron chi connectivity index (χ4n) is 3.74. The molecule has 0 amide bonds. The van der Waals surface area contributed by atoms with Crippen LogP contribution >= 0.6 is 0 Å². The highest BCUT2D eigenvalue weighted by Crippen LogP contribution is 2.31. The zero-order valence-electron chi connectivity index (χ0n) is 16.9. The molecule has 1 N–H and O–H groups in total. The number of benzene rings is 1. The predicted molar refractivity (Wildman–Crippen MR) is 109 cm³/mol. The lowest BCUT2D eigenvalue weighted by Crippen LogP contribution is -2.33. The monoisotopic (exact) mass is 397 g/mol. The van der Waals surface area contributed by atoms with Gasteiger partial charge in [-0.1, -0.05) is 43.2 Å². The molecule has 0 aliphatic heterocycles. The highest BCUT2D eigenvalue weighted by atomic mass is 16.5. The topological polar surface area (TPSA) is 90.4 Å². The minimum Gasteiger partial charge on any atom is -0.469 e. The summed E-state index contributed by atoms with van der Waals surface area (Å²) in [6.45, 7) is 2.55. The third-order valence-electron chi connectivity index (χ3n) is 5.26. The molecule has 2 aromatic rings. The van der Waals surface area contributed by atoms with Crippen molar-refractivity contribution < 1.29 is 19.1 Å². The van der Waals surface area contributed by atoms with Crippen molar-refractivity contribution in [1.82, 2.24) is 9.97 Å². The molecule has 1 saturated carbocycles. The Kier molecular flexibility index (Phi) is 7.16. The van der Waals surface area contributed by atoms with E-state index >= 15 is 0 Å². The summed E-state index contributed by atoms with van der Waals surface area (Å²) >= 11 is 0. The number of carbonyl (C=O) groups excluding carboxylic acids is 2. The molecule has 0 saturated heterocycles. The number of anilines is 1. The first kappa shape index (κ1) is 20.8. The molecule has 2 atom stereocenters. The maximum Gasteiger partial charge on any atom is 0.343 e. The van der Waals surface area contributed by atoms with Crippen LogP contribution < -0.4 is 5.32 Å². The van der Waals surface area contributed by atoms with E-state index < -0.39 is 5.97 Å². The molecule has 0 radical (unpaired) electrons. The van der Waals surface area contributed by atoms with Gasteiger partial charge in [-0.25, -0.2) is 14.8 Å². The number of hydrogen-bond acceptors (Lipinski definition) is 7. The second-order valence-electron chi connectivity index (χ2n) is 7.10. The lowest BCUT2D eigenvalue weighted by molar-refractivity contribution is -0.148. The van der Waals surface area contributed by atoms with Crippen molar-refractivity contribution in [3.63, 3.8) is 0 Å². The van der Waals surface area contributed by atoms with Crippen LogP contribution in [0.5, 0.6) is 0 Å². The summed E-state index contributed by atoms with van der Waals surface area (Å²) in [5.41, 5.74) is 1.15. The van der Waals surface area contributed by atoms with Crippen LogP contribution in [0, 0.1) is 11.8 Å². The molecule has 1 aliphatic carbocycles. The molecule has 1 aliphatic rings. The first-order valence-electron chi connectivity index (χ1n) is 10.0. The number of carbonyl (C=O) groups is 2. The zero-order valence-corrected chi connectivity index (χ0v) is 16.9. The number of aromatic nitrogens is 2. The molecule has 3 rings (SSSR count). The third-order valence-corrected chi connectivity index (χ3v) is 5.26. The van der Waals surface area contributed by atoms with Crippen LogP contribution in [0.1, 0.15) is 43.0 Å². The number of hydrogen-bond donors (Lipinski definition) is 1. The van der Waals surface area contributed by atoms with Gasteiger partial charge in [-0.05, 0) is 25.7 Å². The van der Waals surface area contributed by atoms with E-state index in [4.69, 9.17) is 9.47 Å². The van der Waals surface area contributed by atoms with Crippen LogP contribution in [0.3, 0.4) is 0 Å². The van der Waals surface area contributed by atoms with Gasteiger partial charge in [0.2, 0.25) is 0 Å². The summed E-state index contributed by atoms with van der Waals surface area (Å²) in [6.07, 6.45) is 5.34. The highest BCUT2D eigenvalue weighted by molar-refractivity contribution is 5.94. The van der Waals surface area contributed by atoms with Crippen LogP contribution in [-0.4, -0.2) is 42.2 Å². The molecular weight excluding hydrogens is 370 g/mol. The molecule has 7 heteroatoms. The Labute approximate surface area is 170 Å². The molecular formula is C22H27N3O4. The van der Waals surface area contributed by atoms with Gasteiger partial charge in [-0.2, -0.15) is 0 Å². The molecule has 0 bridgehead atoms. The number of esters is 2.